The van der Waals surface area contributed by atoms with Gasteiger partial charge in [-0.25, -0.2) is 0 Å². The van der Waals surface area contributed by atoms with Crippen molar-refractivity contribution in [3.8, 4) is 11.4 Å². The molecular weight excluding hydrogens is 433 g/mol. The summed E-state index contributed by atoms with van der Waals surface area (Å²) in [5.74, 6) is 0.343. The molecule has 6 rings (SSSR count). The van der Waals surface area contributed by atoms with Crippen LogP contribution in [0.1, 0.15) is 5.56 Å². The second-order valence-corrected chi connectivity index (χ2v) is 10.7. The van der Waals surface area contributed by atoms with Gasteiger partial charge in [0, 0.05) is 16.1 Å². The molecule has 0 bridgehead atoms. The van der Waals surface area contributed by atoms with Gasteiger partial charge in [-0.05, 0) is 55.3 Å². The summed E-state index contributed by atoms with van der Waals surface area (Å²) < 4.78 is 2.21. The van der Waals surface area contributed by atoms with Gasteiger partial charge < -0.3 is 9.67 Å². The Labute approximate surface area is 200 Å². The highest BCUT2D eigenvalue weighted by molar-refractivity contribution is 7.80. The molecule has 0 fully saturated rings. The number of hydrogen-bond donors (Lipinski definition) is 1. The standard InChI is InChI=1S/C31H24NOP/c1-22-20-29(32-27-18-10-8-16-25(27)26-17-9-11-19-28(26)32)31(33)30(21-22)34(23-12-4-2-5-13-23)24-14-6-3-7-15-24/h2-21,33H,1H3. The smallest absolute Gasteiger partial charge is 0.147 e. The Morgan fingerprint density at radius 2 is 1.06 bits per heavy atom. The molecule has 0 unspecified atom stereocenters. The van der Waals surface area contributed by atoms with Crippen LogP contribution in [-0.2, 0) is 0 Å². The number of phenols is 1. The van der Waals surface area contributed by atoms with Crippen LogP contribution in [-0.4, -0.2) is 9.67 Å². The first-order valence-electron chi connectivity index (χ1n) is 11.4. The van der Waals surface area contributed by atoms with Gasteiger partial charge in [-0.15, -0.1) is 0 Å². The number of aryl methyl sites for hydroxylation is 1. The molecule has 1 aromatic heterocycles. The predicted molar refractivity (Wildman–Crippen MR) is 146 cm³/mol. The van der Waals surface area contributed by atoms with Gasteiger partial charge in [-0.1, -0.05) is 97.1 Å². The highest BCUT2D eigenvalue weighted by Crippen LogP contribution is 2.41. The number of fused-ring (bicyclic) bond motifs is 3. The second kappa shape index (κ2) is 8.48. The molecule has 0 atom stereocenters. The molecule has 0 aliphatic heterocycles. The first kappa shape index (κ1) is 20.7. The van der Waals surface area contributed by atoms with E-state index in [1.807, 2.05) is 12.1 Å². The summed E-state index contributed by atoms with van der Waals surface area (Å²) in [6.45, 7) is 2.11. The van der Waals surface area contributed by atoms with Gasteiger partial charge in [0.05, 0.1) is 16.7 Å². The lowest BCUT2D eigenvalue weighted by molar-refractivity contribution is 0.477. The largest absolute Gasteiger partial charge is 0.505 e. The van der Waals surface area contributed by atoms with Crippen LogP contribution in [0.3, 0.4) is 0 Å². The Balaban J connectivity index is 1.67. The van der Waals surface area contributed by atoms with E-state index in [0.29, 0.717) is 5.75 Å². The van der Waals surface area contributed by atoms with Crippen molar-refractivity contribution in [2.75, 3.05) is 0 Å². The SMILES string of the molecule is Cc1cc(-n2c3ccccc3c3ccccc32)c(O)c(P(c2ccccc2)c2ccccc2)c1. The topological polar surface area (TPSA) is 25.2 Å². The molecule has 0 radical (unpaired) electrons. The van der Waals surface area contributed by atoms with Gasteiger partial charge in [0.2, 0.25) is 0 Å². The van der Waals surface area contributed by atoms with Crippen LogP contribution in [0.5, 0.6) is 5.75 Å². The monoisotopic (exact) mass is 457 g/mol. The van der Waals surface area contributed by atoms with E-state index in [2.05, 4.69) is 121 Å². The fourth-order valence-corrected chi connectivity index (χ4v) is 7.30. The Kier molecular flexibility index (Phi) is 5.17. The van der Waals surface area contributed by atoms with Crippen molar-refractivity contribution in [2.24, 2.45) is 0 Å². The third-order valence-corrected chi connectivity index (χ3v) is 8.76. The maximum atomic E-state index is 11.9. The Bertz CT molecular complexity index is 1530. The molecule has 1 N–H and O–H groups in total. The zero-order valence-electron chi connectivity index (χ0n) is 18.9. The van der Waals surface area contributed by atoms with Crippen molar-refractivity contribution in [1.82, 2.24) is 4.57 Å². The van der Waals surface area contributed by atoms with Crippen LogP contribution in [0.15, 0.2) is 121 Å². The van der Waals surface area contributed by atoms with Crippen molar-refractivity contribution in [1.29, 1.82) is 0 Å². The van der Waals surface area contributed by atoms with Crippen LogP contribution >= 0.6 is 7.92 Å². The Hall–Kier alpha value is -3.87. The van der Waals surface area contributed by atoms with E-state index in [-0.39, 0.29) is 0 Å². The lowest BCUT2D eigenvalue weighted by Crippen LogP contribution is -2.22. The minimum atomic E-state index is -0.925. The first-order chi connectivity index (χ1) is 16.7. The van der Waals surface area contributed by atoms with E-state index in [1.54, 1.807) is 0 Å². The van der Waals surface area contributed by atoms with Crippen LogP contribution in [0, 0.1) is 6.92 Å². The minimum absolute atomic E-state index is 0.343. The zero-order chi connectivity index (χ0) is 23.1. The lowest BCUT2D eigenvalue weighted by atomic mass is 10.2. The highest BCUT2D eigenvalue weighted by atomic mass is 31.1. The number of aromatic hydroxyl groups is 1. The maximum absolute atomic E-state index is 11.9. The van der Waals surface area contributed by atoms with Gasteiger partial charge >= 0.3 is 0 Å². The van der Waals surface area contributed by atoms with Gasteiger partial charge in [0.1, 0.15) is 5.75 Å². The normalized spacial score (nSPS) is 11.5. The van der Waals surface area contributed by atoms with E-state index in [9.17, 15) is 5.11 Å². The summed E-state index contributed by atoms with van der Waals surface area (Å²) in [7, 11) is -0.925. The van der Waals surface area contributed by atoms with Gasteiger partial charge in [-0.2, -0.15) is 0 Å². The average molecular weight is 458 g/mol. The van der Waals surface area contributed by atoms with Crippen molar-refractivity contribution >= 4 is 45.6 Å². The molecule has 0 spiro atoms. The van der Waals surface area contributed by atoms with Crippen molar-refractivity contribution in [3.05, 3.63) is 127 Å². The van der Waals surface area contributed by atoms with E-state index >= 15 is 0 Å². The number of nitrogens with zero attached hydrogens (tertiary/aromatic N) is 1. The van der Waals surface area contributed by atoms with E-state index in [1.165, 1.54) is 21.4 Å². The molecular formula is C31H24NOP. The summed E-state index contributed by atoms with van der Waals surface area (Å²) in [6, 6.07) is 42.2. The summed E-state index contributed by atoms with van der Waals surface area (Å²) in [4.78, 5) is 0. The third-order valence-electron chi connectivity index (χ3n) is 6.30. The molecule has 0 aliphatic rings. The summed E-state index contributed by atoms with van der Waals surface area (Å²) >= 11 is 0. The molecule has 1 heterocycles. The van der Waals surface area contributed by atoms with E-state index in [4.69, 9.17) is 0 Å². The van der Waals surface area contributed by atoms with Crippen LogP contribution < -0.4 is 15.9 Å². The average Bonchev–Trinajstić information content (AvgIpc) is 3.22. The number of rotatable bonds is 4. The lowest BCUT2D eigenvalue weighted by Gasteiger charge is -2.23. The summed E-state index contributed by atoms with van der Waals surface area (Å²) in [5, 5.41) is 17.7. The number of aromatic nitrogens is 1. The summed E-state index contributed by atoms with van der Waals surface area (Å²) in [5.41, 5.74) is 4.15. The Morgan fingerprint density at radius 1 is 0.588 bits per heavy atom. The van der Waals surface area contributed by atoms with Gasteiger partial charge in [0.25, 0.3) is 0 Å². The van der Waals surface area contributed by atoms with Gasteiger partial charge in [0.15, 0.2) is 0 Å². The van der Waals surface area contributed by atoms with Crippen LogP contribution in [0.2, 0.25) is 0 Å². The van der Waals surface area contributed by atoms with Crippen LogP contribution in [0.4, 0.5) is 0 Å². The minimum Gasteiger partial charge on any atom is -0.505 e. The molecule has 2 nitrogen and oxygen atoms in total. The quantitative estimate of drug-likeness (QED) is 0.298. The predicted octanol–water partition coefficient (Wildman–Crippen LogP) is 6.56. The van der Waals surface area contributed by atoms with E-state index in [0.717, 1.165) is 27.6 Å². The molecule has 34 heavy (non-hydrogen) atoms. The van der Waals surface area contributed by atoms with Gasteiger partial charge in [-0.3, -0.25) is 0 Å². The van der Waals surface area contributed by atoms with Crippen molar-refractivity contribution in [2.45, 2.75) is 6.92 Å². The van der Waals surface area contributed by atoms with E-state index < -0.39 is 7.92 Å². The molecule has 0 amide bonds. The number of hydrogen-bond acceptors (Lipinski definition) is 1. The number of benzene rings is 5. The molecule has 6 aromatic rings. The molecule has 164 valence electrons. The third kappa shape index (κ3) is 3.39. The van der Waals surface area contributed by atoms with Crippen molar-refractivity contribution in [3.63, 3.8) is 0 Å². The molecule has 0 aliphatic carbocycles. The molecule has 3 heteroatoms. The molecule has 5 aromatic carbocycles. The van der Waals surface area contributed by atoms with Crippen molar-refractivity contribution < 1.29 is 5.11 Å². The Morgan fingerprint density at radius 3 is 1.59 bits per heavy atom. The first-order valence-corrected chi connectivity index (χ1v) is 12.8. The number of phenolic OH excluding ortho intramolecular Hbond substituents is 1. The zero-order valence-corrected chi connectivity index (χ0v) is 19.8. The number of para-hydroxylation sites is 2. The van der Waals surface area contributed by atoms with Crippen LogP contribution in [0.25, 0.3) is 27.5 Å². The second-order valence-electron chi connectivity index (χ2n) is 8.53. The highest BCUT2D eigenvalue weighted by Gasteiger charge is 2.24. The fraction of sp³-hybridized carbons (Fsp3) is 0.0323. The maximum Gasteiger partial charge on any atom is 0.147 e. The summed E-state index contributed by atoms with van der Waals surface area (Å²) in [6.07, 6.45) is 0. The molecule has 0 saturated carbocycles. The molecule has 0 saturated heterocycles. The fourth-order valence-electron chi connectivity index (χ4n) is 4.85.